The highest BCUT2D eigenvalue weighted by Gasteiger charge is 2.00. The monoisotopic (exact) mass is 194 g/mol. The second-order valence-corrected chi connectivity index (χ2v) is 3.05. The number of anilines is 1. The van der Waals surface area contributed by atoms with E-state index in [9.17, 15) is 0 Å². The minimum atomic E-state index is 0.925. The van der Waals surface area contributed by atoms with Gasteiger partial charge in [0.2, 0.25) is 0 Å². The summed E-state index contributed by atoms with van der Waals surface area (Å²) in [6.45, 7) is 4.92. The number of rotatable bonds is 3. The molecule has 0 radical (unpaired) electrons. The minimum absolute atomic E-state index is 0.925. The summed E-state index contributed by atoms with van der Waals surface area (Å²) in [7, 11) is 6.09. The molecule has 0 bridgehead atoms. The van der Waals surface area contributed by atoms with Crippen molar-refractivity contribution in [3.8, 4) is 0 Å². The molecule has 0 unspecified atom stereocenters. The van der Waals surface area contributed by atoms with Crippen molar-refractivity contribution >= 4 is 5.69 Å². The first-order valence-corrected chi connectivity index (χ1v) is 5.15. The Bertz CT molecular complexity index is 244. The van der Waals surface area contributed by atoms with E-state index >= 15 is 0 Å². The highest BCUT2D eigenvalue weighted by Crippen LogP contribution is 2.16. The molecule has 0 aliphatic rings. The number of hydrogen-bond acceptors (Lipinski definition) is 2. The smallest absolute Gasteiger partial charge is 0.0406 e. The van der Waals surface area contributed by atoms with Gasteiger partial charge in [-0.05, 0) is 18.7 Å². The van der Waals surface area contributed by atoms with Crippen LogP contribution in [-0.4, -0.2) is 21.1 Å². The van der Waals surface area contributed by atoms with E-state index in [1.54, 1.807) is 0 Å². The van der Waals surface area contributed by atoms with Gasteiger partial charge in [0.05, 0.1) is 0 Å². The molecular formula is C12H22N2. The zero-order chi connectivity index (χ0) is 11.0. The van der Waals surface area contributed by atoms with Crippen molar-refractivity contribution in [2.24, 2.45) is 0 Å². The van der Waals surface area contributed by atoms with Crippen molar-refractivity contribution in [3.63, 3.8) is 0 Å². The van der Waals surface area contributed by atoms with Gasteiger partial charge in [-0.3, -0.25) is 0 Å². The van der Waals surface area contributed by atoms with Gasteiger partial charge in [0.15, 0.2) is 0 Å². The van der Waals surface area contributed by atoms with Gasteiger partial charge in [-0.1, -0.05) is 32.0 Å². The number of nitrogens with zero attached hydrogens (tertiary/aromatic N) is 1. The predicted octanol–water partition coefficient (Wildman–Crippen LogP) is 2.50. The second-order valence-electron chi connectivity index (χ2n) is 3.05. The maximum Gasteiger partial charge on any atom is 0.0406 e. The number of benzene rings is 1. The number of para-hydroxylation sites is 1. The first kappa shape index (κ1) is 13.0. The molecule has 0 aliphatic heterocycles. The van der Waals surface area contributed by atoms with Gasteiger partial charge in [-0.15, -0.1) is 0 Å². The Morgan fingerprint density at radius 2 is 1.71 bits per heavy atom. The third-order valence-electron chi connectivity index (χ3n) is 1.84. The zero-order valence-corrected chi connectivity index (χ0v) is 9.96. The summed E-state index contributed by atoms with van der Waals surface area (Å²) in [6, 6.07) is 8.41. The van der Waals surface area contributed by atoms with E-state index in [2.05, 4.69) is 48.6 Å². The predicted molar refractivity (Wildman–Crippen MR) is 64.9 cm³/mol. The molecule has 2 heteroatoms. The lowest BCUT2D eigenvalue weighted by Gasteiger charge is -2.16. The molecular weight excluding hydrogens is 172 g/mol. The highest BCUT2D eigenvalue weighted by molar-refractivity contribution is 5.52. The van der Waals surface area contributed by atoms with E-state index in [1.165, 1.54) is 11.3 Å². The van der Waals surface area contributed by atoms with E-state index in [-0.39, 0.29) is 0 Å². The largest absolute Gasteiger partial charge is 0.377 e. The molecule has 0 amide bonds. The summed E-state index contributed by atoms with van der Waals surface area (Å²) in [5.74, 6) is 0. The van der Waals surface area contributed by atoms with Crippen molar-refractivity contribution in [2.75, 3.05) is 26.0 Å². The maximum absolute atomic E-state index is 3.15. The molecule has 0 saturated heterocycles. The minimum Gasteiger partial charge on any atom is -0.377 e. The Labute approximate surface area is 87.9 Å². The van der Waals surface area contributed by atoms with Gasteiger partial charge in [0.25, 0.3) is 0 Å². The van der Waals surface area contributed by atoms with Crippen molar-refractivity contribution in [3.05, 3.63) is 29.8 Å². The Morgan fingerprint density at radius 3 is 2.21 bits per heavy atom. The lowest BCUT2D eigenvalue weighted by molar-refractivity contribution is 0.814. The van der Waals surface area contributed by atoms with Crippen LogP contribution in [0.15, 0.2) is 24.3 Å². The van der Waals surface area contributed by atoms with Gasteiger partial charge in [0, 0.05) is 26.3 Å². The van der Waals surface area contributed by atoms with E-state index in [0.29, 0.717) is 0 Å². The van der Waals surface area contributed by atoms with Crippen LogP contribution in [-0.2, 0) is 6.54 Å². The summed E-state index contributed by atoms with van der Waals surface area (Å²) in [5, 5.41) is 3.15. The van der Waals surface area contributed by atoms with Crippen LogP contribution in [0.1, 0.15) is 19.4 Å². The lowest BCUT2D eigenvalue weighted by Crippen LogP contribution is -2.14. The van der Waals surface area contributed by atoms with Gasteiger partial charge in [-0.2, -0.15) is 0 Å². The average molecular weight is 194 g/mol. The molecule has 1 rings (SSSR count). The van der Waals surface area contributed by atoms with Crippen LogP contribution < -0.4 is 10.2 Å². The Kier molecular flexibility index (Phi) is 6.85. The van der Waals surface area contributed by atoms with E-state index in [4.69, 9.17) is 0 Å². The maximum atomic E-state index is 3.15. The Hall–Kier alpha value is -1.02. The molecule has 0 heterocycles. The second kappa shape index (κ2) is 7.39. The molecule has 1 N–H and O–H groups in total. The van der Waals surface area contributed by atoms with Crippen LogP contribution in [0.4, 0.5) is 5.69 Å². The fraction of sp³-hybridized carbons (Fsp3) is 0.500. The van der Waals surface area contributed by atoms with Gasteiger partial charge >= 0.3 is 0 Å². The lowest BCUT2D eigenvalue weighted by atomic mass is 10.1. The van der Waals surface area contributed by atoms with E-state index < -0.39 is 0 Å². The first-order chi connectivity index (χ1) is 6.75. The van der Waals surface area contributed by atoms with Crippen molar-refractivity contribution in [1.82, 2.24) is 5.32 Å². The quantitative estimate of drug-likeness (QED) is 0.795. The van der Waals surface area contributed by atoms with Gasteiger partial charge < -0.3 is 10.2 Å². The summed E-state index contributed by atoms with van der Waals surface area (Å²) in [4.78, 5) is 2.13. The number of hydrogen-bond donors (Lipinski definition) is 1. The standard InChI is InChI=1S/C10H16N2.C2H6/c1-11-8-9-6-4-5-7-10(9)12(2)3;1-2/h4-7,11H,8H2,1-3H3;1-2H3. The van der Waals surface area contributed by atoms with Crippen LogP contribution in [0.3, 0.4) is 0 Å². The topological polar surface area (TPSA) is 15.3 Å². The van der Waals surface area contributed by atoms with Crippen LogP contribution in [0.25, 0.3) is 0 Å². The third-order valence-corrected chi connectivity index (χ3v) is 1.84. The first-order valence-electron chi connectivity index (χ1n) is 5.15. The van der Waals surface area contributed by atoms with Crippen LogP contribution in [0, 0.1) is 0 Å². The summed E-state index contributed by atoms with van der Waals surface area (Å²) < 4.78 is 0. The molecule has 0 atom stereocenters. The molecule has 0 aliphatic carbocycles. The van der Waals surface area contributed by atoms with Crippen molar-refractivity contribution < 1.29 is 0 Å². The van der Waals surface area contributed by atoms with E-state index in [0.717, 1.165) is 6.54 Å². The molecule has 0 saturated carbocycles. The highest BCUT2D eigenvalue weighted by atomic mass is 15.1. The Morgan fingerprint density at radius 1 is 1.14 bits per heavy atom. The van der Waals surface area contributed by atoms with Crippen LogP contribution >= 0.6 is 0 Å². The average Bonchev–Trinajstić information content (AvgIpc) is 2.22. The molecule has 0 spiro atoms. The summed E-state index contributed by atoms with van der Waals surface area (Å²) in [5.41, 5.74) is 2.62. The fourth-order valence-electron chi connectivity index (χ4n) is 1.29. The molecule has 80 valence electrons. The molecule has 0 aromatic heterocycles. The van der Waals surface area contributed by atoms with Crippen molar-refractivity contribution in [1.29, 1.82) is 0 Å². The zero-order valence-electron chi connectivity index (χ0n) is 9.96. The van der Waals surface area contributed by atoms with Crippen LogP contribution in [0.5, 0.6) is 0 Å². The SMILES string of the molecule is CC.CNCc1ccccc1N(C)C. The van der Waals surface area contributed by atoms with Gasteiger partial charge in [0.1, 0.15) is 0 Å². The molecule has 0 fully saturated rings. The molecule has 1 aromatic carbocycles. The molecule has 14 heavy (non-hydrogen) atoms. The van der Waals surface area contributed by atoms with Crippen molar-refractivity contribution in [2.45, 2.75) is 20.4 Å². The normalized spacial score (nSPS) is 8.93. The third kappa shape index (κ3) is 3.79. The van der Waals surface area contributed by atoms with Crippen LogP contribution in [0.2, 0.25) is 0 Å². The van der Waals surface area contributed by atoms with Gasteiger partial charge in [-0.25, -0.2) is 0 Å². The summed E-state index contributed by atoms with van der Waals surface area (Å²) >= 11 is 0. The molecule has 2 nitrogen and oxygen atoms in total. The molecule has 1 aromatic rings. The summed E-state index contributed by atoms with van der Waals surface area (Å²) in [6.07, 6.45) is 0. The van der Waals surface area contributed by atoms with E-state index in [1.807, 2.05) is 20.9 Å². The number of nitrogens with one attached hydrogen (secondary N) is 1. The fourth-order valence-corrected chi connectivity index (χ4v) is 1.29. The Balaban J connectivity index is 0.000000791.